The van der Waals surface area contributed by atoms with Gasteiger partial charge in [-0.25, -0.2) is 0 Å². The molecule has 1 aliphatic rings. The van der Waals surface area contributed by atoms with Crippen molar-refractivity contribution in [2.45, 2.75) is 19.3 Å². The van der Waals surface area contributed by atoms with Gasteiger partial charge in [0.25, 0.3) is 0 Å². The van der Waals surface area contributed by atoms with E-state index in [1.165, 1.54) is 0 Å². The second-order valence-electron chi connectivity index (χ2n) is 5.51. The van der Waals surface area contributed by atoms with E-state index in [-0.39, 0.29) is 18.3 Å². The smallest absolute Gasteiger partial charge is 0.227 e. The molecule has 1 aromatic carbocycles. The summed E-state index contributed by atoms with van der Waals surface area (Å²) in [6.45, 7) is 2.77. The van der Waals surface area contributed by atoms with E-state index in [1.807, 2.05) is 30.1 Å². The number of methoxy groups -OCH3 is 1. The maximum absolute atomic E-state index is 12.5. The number of nitrogens with zero attached hydrogens (tertiary/aromatic N) is 1. The predicted molar refractivity (Wildman–Crippen MR) is 94.9 cm³/mol. The fraction of sp³-hybridized carbons (Fsp3) is 0.562. The molecule has 4 nitrogen and oxygen atoms in total. The van der Waals surface area contributed by atoms with E-state index in [0.717, 1.165) is 48.3 Å². The number of hydrogen-bond donors (Lipinski definition) is 1. The second-order valence-corrected chi connectivity index (χ2v) is 6.43. The van der Waals surface area contributed by atoms with Gasteiger partial charge < -0.3 is 15.0 Å². The van der Waals surface area contributed by atoms with E-state index in [0.29, 0.717) is 12.3 Å². The first kappa shape index (κ1) is 19.3. The molecule has 0 bridgehead atoms. The molecule has 0 aliphatic carbocycles. The Morgan fingerprint density at radius 1 is 1.41 bits per heavy atom. The van der Waals surface area contributed by atoms with Gasteiger partial charge in [-0.05, 0) is 50.6 Å². The summed E-state index contributed by atoms with van der Waals surface area (Å²) in [6.07, 6.45) is 2.57. The molecule has 1 aromatic rings. The number of ether oxygens (including phenoxy) is 1. The Morgan fingerprint density at radius 3 is 2.68 bits per heavy atom. The van der Waals surface area contributed by atoms with Crippen LogP contribution in [-0.4, -0.2) is 44.6 Å². The van der Waals surface area contributed by atoms with Crippen LogP contribution in [0.5, 0.6) is 5.75 Å². The van der Waals surface area contributed by atoms with Crippen LogP contribution in [0.1, 0.15) is 18.4 Å². The van der Waals surface area contributed by atoms with Gasteiger partial charge in [0.1, 0.15) is 5.75 Å². The highest BCUT2D eigenvalue weighted by molar-refractivity contribution is 9.10. The summed E-state index contributed by atoms with van der Waals surface area (Å²) in [7, 11) is 3.62. The molecule has 6 heteroatoms. The minimum atomic E-state index is 0. The van der Waals surface area contributed by atoms with Crippen molar-refractivity contribution in [1.82, 2.24) is 10.2 Å². The lowest BCUT2D eigenvalue weighted by Crippen LogP contribution is -2.41. The highest BCUT2D eigenvalue weighted by Crippen LogP contribution is 2.25. The molecule has 1 heterocycles. The molecule has 1 N–H and O–H groups in total. The zero-order chi connectivity index (χ0) is 15.2. The molecular weight excluding hydrogens is 368 g/mol. The molecule has 2 rings (SSSR count). The number of hydrogen-bond acceptors (Lipinski definition) is 3. The minimum Gasteiger partial charge on any atom is -0.496 e. The summed E-state index contributed by atoms with van der Waals surface area (Å²) in [6, 6.07) is 5.78. The Labute approximate surface area is 147 Å². The van der Waals surface area contributed by atoms with Crippen LogP contribution >= 0.6 is 28.3 Å². The molecule has 1 fully saturated rings. The van der Waals surface area contributed by atoms with E-state index in [2.05, 4.69) is 21.2 Å². The first-order valence-corrected chi connectivity index (χ1v) is 8.18. The van der Waals surface area contributed by atoms with Gasteiger partial charge in [0.15, 0.2) is 0 Å². The van der Waals surface area contributed by atoms with Crippen LogP contribution in [0, 0.1) is 5.92 Å². The normalized spacial score (nSPS) is 15.3. The van der Waals surface area contributed by atoms with Gasteiger partial charge in [-0.1, -0.05) is 15.9 Å². The standard InChI is InChI=1S/C16H23BrN2O2.ClH/c1-18-11-12-5-7-19(8-6-12)16(20)10-13-9-14(17)3-4-15(13)21-2;/h3-4,9,12,18H,5-8,10-11H2,1-2H3;1H. The summed E-state index contributed by atoms with van der Waals surface area (Å²) in [5, 5.41) is 3.22. The molecule has 22 heavy (non-hydrogen) atoms. The molecule has 0 radical (unpaired) electrons. The predicted octanol–water partition coefficient (Wildman–Crippen LogP) is 2.88. The van der Waals surface area contributed by atoms with Gasteiger partial charge in [-0.15, -0.1) is 12.4 Å². The molecule has 0 aromatic heterocycles. The molecule has 0 spiro atoms. The highest BCUT2D eigenvalue weighted by atomic mass is 79.9. The average molecular weight is 392 g/mol. The second kappa shape index (κ2) is 9.38. The van der Waals surface area contributed by atoms with E-state index in [4.69, 9.17) is 4.74 Å². The van der Waals surface area contributed by atoms with E-state index in [1.54, 1.807) is 7.11 Å². The lowest BCUT2D eigenvalue weighted by atomic mass is 9.96. The Morgan fingerprint density at radius 2 is 2.09 bits per heavy atom. The van der Waals surface area contributed by atoms with Gasteiger partial charge in [0.2, 0.25) is 5.91 Å². The van der Waals surface area contributed by atoms with Crippen molar-refractivity contribution in [3.8, 4) is 5.75 Å². The summed E-state index contributed by atoms with van der Waals surface area (Å²) in [5.74, 6) is 1.66. The third-order valence-corrected chi connectivity index (χ3v) is 4.54. The zero-order valence-electron chi connectivity index (χ0n) is 13.1. The highest BCUT2D eigenvalue weighted by Gasteiger charge is 2.23. The maximum atomic E-state index is 12.5. The maximum Gasteiger partial charge on any atom is 0.227 e. The Balaban J connectivity index is 0.00000242. The molecule has 0 atom stereocenters. The van der Waals surface area contributed by atoms with Crippen LogP contribution in [-0.2, 0) is 11.2 Å². The number of piperidine rings is 1. The molecule has 1 amide bonds. The number of nitrogens with one attached hydrogen (secondary N) is 1. The van der Waals surface area contributed by atoms with Crippen LogP contribution in [0.25, 0.3) is 0 Å². The van der Waals surface area contributed by atoms with Crippen LogP contribution in [0.4, 0.5) is 0 Å². The number of rotatable bonds is 5. The molecular formula is C16H24BrClN2O2. The van der Waals surface area contributed by atoms with Crippen molar-refractivity contribution in [2.75, 3.05) is 33.8 Å². The molecule has 0 unspecified atom stereocenters. The van der Waals surface area contributed by atoms with Crippen molar-refractivity contribution in [3.63, 3.8) is 0 Å². The molecule has 0 saturated carbocycles. The summed E-state index contributed by atoms with van der Waals surface area (Å²) in [4.78, 5) is 14.4. The Kier molecular flexibility index (Phi) is 8.21. The fourth-order valence-corrected chi connectivity index (χ4v) is 3.24. The van der Waals surface area contributed by atoms with Gasteiger partial charge in [-0.2, -0.15) is 0 Å². The van der Waals surface area contributed by atoms with E-state index < -0.39 is 0 Å². The van der Waals surface area contributed by atoms with Gasteiger partial charge in [0.05, 0.1) is 13.5 Å². The van der Waals surface area contributed by atoms with Gasteiger partial charge in [-0.3, -0.25) is 4.79 Å². The van der Waals surface area contributed by atoms with Crippen molar-refractivity contribution in [2.24, 2.45) is 5.92 Å². The first-order chi connectivity index (χ1) is 10.1. The topological polar surface area (TPSA) is 41.6 Å². The third kappa shape index (κ3) is 5.14. The van der Waals surface area contributed by atoms with Crippen molar-refractivity contribution in [1.29, 1.82) is 0 Å². The van der Waals surface area contributed by atoms with Crippen LogP contribution in [0.3, 0.4) is 0 Å². The average Bonchev–Trinajstić information content (AvgIpc) is 2.48. The molecule has 1 aliphatic heterocycles. The fourth-order valence-electron chi connectivity index (χ4n) is 2.84. The van der Waals surface area contributed by atoms with E-state index in [9.17, 15) is 4.79 Å². The number of carbonyl (C=O) groups is 1. The van der Waals surface area contributed by atoms with Gasteiger partial charge in [0, 0.05) is 23.1 Å². The number of carbonyl (C=O) groups excluding carboxylic acids is 1. The quantitative estimate of drug-likeness (QED) is 0.839. The third-order valence-electron chi connectivity index (χ3n) is 4.04. The van der Waals surface area contributed by atoms with Crippen LogP contribution < -0.4 is 10.1 Å². The lowest BCUT2D eigenvalue weighted by Gasteiger charge is -2.32. The van der Waals surface area contributed by atoms with Crippen molar-refractivity contribution < 1.29 is 9.53 Å². The summed E-state index contributed by atoms with van der Waals surface area (Å²) < 4.78 is 6.31. The Hall–Kier alpha value is -0.780. The Bertz CT molecular complexity index is 491. The largest absolute Gasteiger partial charge is 0.496 e. The van der Waals surface area contributed by atoms with Crippen molar-refractivity contribution in [3.05, 3.63) is 28.2 Å². The number of halogens is 2. The SMILES string of the molecule is CNCC1CCN(C(=O)Cc2cc(Br)ccc2OC)CC1.Cl. The zero-order valence-corrected chi connectivity index (χ0v) is 15.5. The monoisotopic (exact) mass is 390 g/mol. The number of amides is 1. The number of likely N-dealkylation sites (tertiary alicyclic amines) is 1. The van der Waals surface area contributed by atoms with Crippen molar-refractivity contribution >= 4 is 34.2 Å². The number of benzene rings is 1. The minimum absolute atomic E-state index is 0. The van der Waals surface area contributed by atoms with Crippen LogP contribution in [0.15, 0.2) is 22.7 Å². The van der Waals surface area contributed by atoms with E-state index >= 15 is 0 Å². The molecule has 124 valence electrons. The first-order valence-electron chi connectivity index (χ1n) is 7.38. The lowest BCUT2D eigenvalue weighted by molar-refractivity contribution is -0.131. The summed E-state index contributed by atoms with van der Waals surface area (Å²) in [5.41, 5.74) is 0.939. The molecule has 1 saturated heterocycles. The summed E-state index contributed by atoms with van der Waals surface area (Å²) >= 11 is 3.45. The van der Waals surface area contributed by atoms with Crippen LogP contribution in [0.2, 0.25) is 0 Å². The van der Waals surface area contributed by atoms with Gasteiger partial charge >= 0.3 is 0 Å².